The molecule has 0 atom stereocenters. The fourth-order valence-corrected chi connectivity index (χ4v) is 1.32. The number of nitrogens with zero attached hydrogens (tertiary/aromatic N) is 1. The Hall–Kier alpha value is -1.78. The van der Waals surface area contributed by atoms with Crippen LogP contribution >= 0.6 is 0 Å². The monoisotopic (exact) mass is 239 g/mol. The molecule has 0 aromatic heterocycles. The number of nitrogens with two attached hydrogens (primary N) is 1. The number of guanidine groups is 1. The van der Waals surface area contributed by atoms with Crippen molar-refractivity contribution in [3.63, 3.8) is 0 Å². The molecule has 0 saturated carbocycles. The molecular formula is C12H18FN3O. The fourth-order valence-electron chi connectivity index (χ4n) is 1.32. The number of rotatable bonds is 5. The summed E-state index contributed by atoms with van der Waals surface area (Å²) in [5.41, 5.74) is 6.36. The number of aliphatic imine (C=N–C) groups is 1. The van der Waals surface area contributed by atoms with Crippen LogP contribution in [0.5, 0.6) is 5.75 Å². The van der Waals surface area contributed by atoms with Gasteiger partial charge in [-0.2, -0.15) is 0 Å². The van der Waals surface area contributed by atoms with Gasteiger partial charge in [-0.1, -0.05) is 6.92 Å². The Morgan fingerprint density at radius 2 is 2.24 bits per heavy atom. The zero-order chi connectivity index (χ0) is 12.7. The molecule has 0 bridgehead atoms. The molecule has 0 aliphatic rings. The molecule has 0 heterocycles. The molecule has 1 aromatic carbocycles. The van der Waals surface area contributed by atoms with Gasteiger partial charge in [-0.25, -0.2) is 9.38 Å². The van der Waals surface area contributed by atoms with E-state index in [0.29, 0.717) is 18.3 Å². The van der Waals surface area contributed by atoms with E-state index < -0.39 is 0 Å². The average molecular weight is 239 g/mol. The molecule has 0 unspecified atom stereocenters. The van der Waals surface area contributed by atoms with Gasteiger partial charge in [0.25, 0.3) is 0 Å². The average Bonchev–Trinajstić information content (AvgIpc) is 2.33. The highest BCUT2D eigenvalue weighted by atomic mass is 19.1. The van der Waals surface area contributed by atoms with Crippen LogP contribution in [0.1, 0.15) is 18.9 Å². The molecule has 17 heavy (non-hydrogen) atoms. The molecule has 1 aromatic rings. The summed E-state index contributed by atoms with van der Waals surface area (Å²) in [6.07, 6.45) is 0.976. The minimum atomic E-state index is -0.338. The molecular weight excluding hydrogens is 221 g/mol. The van der Waals surface area contributed by atoms with Crippen LogP contribution in [0.4, 0.5) is 4.39 Å². The maximum atomic E-state index is 13.2. The van der Waals surface area contributed by atoms with Crippen LogP contribution in [0.3, 0.4) is 0 Å². The third-order valence-electron chi connectivity index (χ3n) is 2.15. The number of nitrogens with one attached hydrogen (secondary N) is 1. The molecule has 0 saturated heterocycles. The summed E-state index contributed by atoms with van der Waals surface area (Å²) in [6, 6.07) is 4.48. The van der Waals surface area contributed by atoms with Crippen LogP contribution in [-0.2, 0) is 6.54 Å². The van der Waals surface area contributed by atoms with E-state index in [0.717, 1.165) is 18.5 Å². The summed E-state index contributed by atoms with van der Waals surface area (Å²) in [5.74, 6) is 0.514. The predicted molar refractivity (Wildman–Crippen MR) is 66.6 cm³/mol. The summed E-state index contributed by atoms with van der Waals surface area (Å²) in [5, 5.41) is 2.95. The lowest BCUT2D eigenvalue weighted by atomic mass is 10.2. The molecule has 1 rings (SSSR count). The van der Waals surface area contributed by atoms with E-state index in [1.807, 2.05) is 6.92 Å². The van der Waals surface area contributed by atoms with Crippen molar-refractivity contribution in [2.75, 3.05) is 13.7 Å². The first-order chi connectivity index (χ1) is 8.15. The molecule has 4 nitrogen and oxygen atoms in total. The topological polar surface area (TPSA) is 59.6 Å². The molecule has 0 amide bonds. The van der Waals surface area contributed by atoms with Crippen LogP contribution in [0.15, 0.2) is 23.2 Å². The summed E-state index contributed by atoms with van der Waals surface area (Å²) < 4.78 is 18.1. The van der Waals surface area contributed by atoms with Gasteiger partial charge in [0.1, 0.15) is 11.6 Å². The first kappa shape index (κ1) is 13.3. The van der Waals surface area contributed by atoms with Crippen LogP contribution in [0.2, 0.25) is 0 Å². The zero-order valence-corrected chi connectivity index (χ0v) is 10.2. The van der Waals surface area contributed by atoms with Gasteiger partial charge in [0.15, 0.2) is 5.96 Å². The minimum Gasteiger partial charge on any atom is -0.497 e. The molecule has 3 N–H and O–H groups in total. The lowest BCUT2D eigenvalue weighted by Gasteiger charge is -2.05. The third-order valence-corrected chi connectivity index (χ3v) is 2.15. The van der Waals surface area contributed by atoms with Crippen molar-refractivity contribution in [1.29, 1.82) is 0 Å². The SMILES string of the molecule is CCCNC(N)=NCc1cc(F)cc(OC)c1. The minimum absolute atomic E-state index is 0.330. The first-order valence-electron chi connectivity index (χ1n) is 5.53. The molecule has 0 aliphatic heterocycles. The first-order valence-corrected chi connectivity index (χ1v) is 5.53. The number of hydrogen-bond donors (Lipinski definition) is 2. The van der Waals surface area contributed by atoms with E-state index >= 15 is 0 Å². The predicted octanol–water partition coefficient (Wildman–Crippen LogP) is 1.65. The molecule has 0 spiro atoms. The van der Waals surface area contributed by atoms with Gasteiger partial charge in [-0.3, -0.25) is 0 Å². The standard InChI is InChI=1S/C12H18FN3O/c1-3-4-15-12(14)16-8-9-5-10(13)7-11(6-9)17-2/h5-7H,3-4,8H2,1-2H3,(H3,14,15,16). The van der Waals surface area contributed by atoms with Crippen LogP contribution < -0.4 is 15.8 Å². The Morgan fingerprint density at radius 1 is 1.47 bits per heavy atom. The van der Waals surface area contributed by atoms with Crippen molar-refractivity contribution in [3.05, 3.63) is 29.6 Å². The van der Waals surface area contributed by atoms with Crippen LogP contribution in [-0.4, -0.2) is 19.6 Å². The number of hydrogen-bond acceptors (Lipinski definition) is 2. The number of ether oxygens (including phenoxy) is 1. The highest BCUT2D eigenvalue weighted by molar-refractivity contribution is 5.77. The number of halogens is 1. The molecule has 0 fully saturated rings. The fraction of sp³-hybridized carbons (Fsp3) is 0.417. The summed E-state index contributed by atoms with van der Waals surface area (Å²) in [6.45, 7) is 3.15. The molecule has 0 radical (unpaired) electrons. The summed E-state index contributed by atoms with van der Waals surface area (Å²) in [7, 11) is 1.50. The second-order valence-corrected chi connectivity index (χ2v) is 3.63. The second kappa shape index (κ2) is 6.73. The Bertz CT molecular complexity index is 393. The summed E-state index contributed by atoms with van der Waals surface area (Å²) in [4.78, 5) is 4.11. The van der Waals surface area contributed by atoms with E-state index in [-0.39, 0.29) is 5.82 Å². The lowest BCUT2D eigenvalue weighted by Crippen LogP contribution is -2.32. The van der Waals surface area contributed by atoms with Gasteiger partial charge in [-0.05, 0) is 24.1 Å². The molecule has 94 valence electrons. The van der Waals surface area contributed by atoms with Crippen molar-refractivity contribution in [2.24, 2.45) is 10.7 Å². The second-order valence-electron chi connectivity index (χ2n) is 3.63. The van der Waals surface area contributed by atoms with E-state index in [1.54, 1.807) is 6.07 Å². The Balaban J connectivity index is 2.65. The third kappa shape index (κ3) is 4.72. The normalized spacial score (nSPS) is 11.4. The van der Waals surface area contributed by atoms with Gasteiger partial charge in [-0.15, -0.1) is 0 Å². The zero-order valence-electron chi connectivity index (χ0n) is 10.2. The maximum Gasteiger partial charge on any atom is 0.188 e. The number of methoxy groups -OCH3 is 1. The smallest absolute Gasteiger partial charge is 0.188 e. The van der Waals surface area contributed by atoms with Crippen molar-refractivity contribution < 1.29 is 9.13 Å². The van der Waals surface area contributed by atoms with Crippen LogP contribution in [0.25, 0.3) is 0 Å². The van der Waals surface area contributed by atoms with Gasteiger partial charge in [0.05, 0.1) is 13.7 Å². The van der Waals surface area contributed by atoms with E-state index in [9.17, 15) is 4.39 Å². The maximum absolute atomic E-state index is 13.2. The number of benzene rings is 1. The Kier molecular flexibility index (Phi) is 5.26. The molecule has 5 heteroatoms. The largest absolute Gasteiger partial charge is 0.497 e. The van der Waals surface area contributed by atoms with Gasteiger partial charge < -0.3 is 15.8 Å². The van der Waals surface area contributed by atoms with Gasteiger partial charge in [0.2, 0.25) is 0 Å². The van der Waals surface area contributed by atoms with Crippen molar-refractivity contribution in [3.8, 4) is 5.75 Å². The van der Waals surface area contributed by atoms with Gasteiger partial charge >= 0.3 is 0 Å². The highest BCUT2D eigenvalue weighted by Crippen LogP contribution is 2.16. The lowest BCUT2D eigenvalue weighted by molar-refractivity contribution is 0.410. The molecule has 0 aliphatic carbocycles. The Morgan fingerprint density at radius 3 is 2.88 bits per heavy atom. The van der Waals surface area contributed by atoms with Crippen molar-refractivity contribution in [1.82, 2.24) is 5.32 Å². The van der Waals surface area contributed by atoms with Crippen LogP contribution in [0, 0.1) is 5.82 Å². The van der Waals surface area contributed by atoms with E-state index in [4.69, 9.17) is 10.5 Å². The Labute approximate surface area is 101 Å². The summed E-state index contributed by atoms with van der Waals surface area (Å²) >= 11 is 0. The van der Waals surface area contributed by atoms with E-state index in [2.05, 4.69) is 10.3 Å². The highest BCUT2D eigenvalue weighted by Gasteiger charge is 2.00. The van der Waals surface area contributed by atoms with Gasteiger partial charge in [0, 0.05) is 12.6 Å². The van der Waals surface area contributed by atoms with Crippen molar-refractivity contribution >= 4 is 5.96 Å². The van der Waals surface area contributed by atoms with Crippen molar-refractivity contribution in [2.45, 2.75) is 19.9 Å². The quantitative estimate of drug-likeness (QED) is 0.606. The van der Waals surface area contributed by atoms with E-state index in [1.165, 1.54) is 19.2 Å².